The van der Waals surface area contributed by atoms with Crippen molar-refractivity contribution in [2.75, 3.05) is 27.3 Å². The second-order valence-electron chi connectivity index (χ2n) is 7.29. The number of imide groups is 1. The Morgan fingerprint density at radius 2 is 2.06 bits per heavy atom. The van der Waals surface area contributed by atoms with Gasteiger partial charge in [0.05, 0.1) is 27.0 Å². The molecule has 0 saturated carbocycles. The molecule has 2 aromatic rings. The molecule has 2 N–H and O–H groups in total. The second kappa shape index (κ2) is 11.1. The Hall–Kier alpha value is -3.84. The molecule has 3 rings (SSSR count). The molecule has 1 atom stereocenters. The molecule has 188 valence electrons. The van der Waals surface area contributed by atoms with Crippen molar-refractivity contribution >= 4 is 34.0 Å². The molecule has 1 aromatic heterocycles. The Kier molecular flexibility index (Phi) is 8.14. The van der Waals surface area contributed by atoms with Crippen molar-refractivity contribution in [1.82, 2.24) is 14.9 Å². The Bertz CT molecular complexity index is 1220. The second-order valence-corrected chi connectivity index (χ2v) is 9.03. The summed E-state index contributed by atoms with van der Waals surface area (Å²) in [4.78, 5) is 36.9. The van der Waals surface area contributed by atoms with Gasteiger partial charge in [-0.15, -0.1) is 0 Å². The van der Waals surface area contributed by atoms with Gasteiger partial charge < -0.3 is 23.9 Å². The third kappa shape index (κ3) is 6.19. The summed E-state index contributed by atoms with van der Waals surface area (Å²) in [6, 6.07) is 5.46. The molecule has 0 aliphatic carbocycles. The number of nitrogens with one attached hydrogen (secondary N) is 2. The van der Waals surface area contributed by atoms with Crippen LogP contribution in [0.15, 0.2) is 45.9 Å². The highest BCUT2D eigenvalue weighted by molar-refractivity contribution is 7.89. The van der Waals surface area contributed by atoms with Gasteiger partial charge in [-0.25, -0.2) is 22.7 Å². The van der Waals surface area contributed by atoms with Crippen LogP contribution in [-0.2, 0) is 30.9 Å². The highest BCUT2D eigenvalue weighted by Gasteiger charge is 2.31. The van der Waals surface area contributed by atoms with Crippen molar-refractivity contribution in [2.45, 2.75) is 24.5 Å². The van der Waals surface area contributed by atoms with E-state index in [0.29, 0.717) is 12.3 Å². The number of furan rings is 1. The summed E-state index contributed by atoms with van der Waals surface area (Å²) in [5, 5.41) is 2.49. The van der Waals surface area contributed by atoms with Crippen LogP contribution in [0.3, 0.4) is 0 Å². The van der Waals surface area contributed by atoms with Gasteiger partial charge in [0.2, 0.25) is 10.0 Å². The number of hydrogen-bond acceptors (Lipinski definition) is 9. The van der Waals surface area contributed by atoms with Crippen molar-refractivity contribution < 1.29 is 41.4 Å². The molecule has 1 aliphatic rings. The Labute approximate surface area is 201 Å². The third-order valence-corrected chi connectivity index (χ3v) is 6.36. The minimum absolute atomic E-state index is 0.0257. The summed E-state index contributed by atoms with van der Waals surface area (Å²) < 4.78 is 49.1. The van der Waals surface area contributed by atoms with E-state index in [1.165, 1.54) is 45.6 Å². The molecule has 0 radical (unpaired) electrons. The zero-order chi connectivity index (χ0) is 25.6. The summed E-state index contributed by atoms with van der Waals surface area (Å²) in [6.07, 6.45) is 2.56. The largest absolute Gasteiger partial charge is 0.493 e. The molecule has 0 spiro atoms. The molecule has 12 nitrogen and oxygen atoms in total. The van der Waals surface area contributed by atoms with E-state index in [-0.39, 0.29) is 35.0 Å². The van der Waals surface area contributed by atoms with E-state index in [2.05, 4.69) is 10.0 Å². The molecular formula is C22H25N3O9S. The van der Waals surface area contributed by atoms with Crippen LogP contribution in [0.4, 0.5) is 4.79 Å². The average Bonchev–Trinajstić information content (AvgIpc) is 3.52. The highest BCUT2D eigenvalue weighted by Crippen LogP contribution is 2.36. The molecule has 1 fully saturated rings. The summed E-state index contributed by atoms with van der Waals surface area (Å²) in [6.45, 7) is 1.78. The van der Waals surface area contributed by atoms with Crippen molar-refractivity contribution in [3.8, 4) is 11.5 Å². The van der Waals surface area contributed by atoms with Gasteiger partial charge in [-0.2, -0.15) is 0 Å². The quantitative estimate of drug-likeness (QED) is 0.357. The van der Waals surface area contributed by atoms with Gasteiger partial charge in [-0.05, 0) is 42.8 Å². The SMILES string of the molecule is COc1cc(/C=C/C(=O)O[C@@H](C)C(=O)N2CCNC2=O)cc(S(=O)(=O)NCc2ccco2)c1OC. The number of carbonyl (C=O) groups is 3. The summed E-state index contributed by atoms with van der Waals surface area (Å²) in [7, 11) is -1.43. The van der Waals surface area contributed by atoms with Crippen molar-refractivity contribution in [3.63, 3.8) is 0 Å². The van der Waals surface area contributed by atoms with E-state index < -0.39 is 34.0 Å². The highest BCUT2D eigenvalue weighted by atomic mass is 32.2. The number of benzene rings is 1. The number of esters is 1. The van der Waals surface area contributed by atoms with E-state index in [1.807, 2.05) is 0 Å². The molecule has 2 heterocycles. The first-order chi connectivity index (χ1) is 16.7. The monoisotopic (exact) mass is 507 g/mol. The summed E-state index contributed by atoms with van der Waals surface area (Å²) in [5.74, 6) is -1.01. The normalized spacial score (nSPS) is 14.6. The number of amides is 3. The lowest BCUT2D eigenvalue weighted by molar-refractivity contribution is -0.153. The predicted molar refractivity (Wildman–Crippen MR) is 122 cm³/mol. The van der Waals surface area contributed by atoms with Crippen molar-refractivity contribution in [3.05, 3.63) is 47.9 Å². The fourth-order valence-electron chi connectivity index (χ4n) is 3.23. The van der Waals surface area contributed by atoms with Gasteiger partial charge in [0.15, 0.2) is 17.6 Å². The molecule has 35 heavy (non-hydrogen) atoms. The van der Waals surface area contributed by atoms with Gasteiger partial charge in [0, 0.05) is 19.2 Å². The van der Waals surface area contributed by atoms with Gasteiger partial charge in [0.25, 0.3) is 5.91 Å². The van der Waals surface area contributed by atoms with Crippen LogP contribution in [-0.4, -0.2) is 64.6 Å². The van der Waals surface area contributed by atoms with Crippen LogP contribution in [0.2, 0.25) is 0 Å². The van der Waals surface area contributed by atoms with E-state index in [4.69, 9.17) is 18.6 Å². The van der Waals surface area contributed by atoms with Crippen molar-refractivity contribution in [1.29, 1.82) is 0 Å². The Morgan fingerprint density at radius 3 is 2.66 bits per heavy atom. The number of carbonyl (C=O) groups excluding carboxylic acids is 3. The number of ether oxygens (including phenoxy) is 3. The number of methoxy groups -OCH3 is 2. The van der Waals surface area contributed by atoms with Gasteiger partial charge >= 0.3 is 12.0 Å². The zero-order valence-corrected chi connectivity index (χ0v) is 20.1. The van der Waals surface area contributed by atoms with Crippen LogP contribution < -0.4 is 19.5 Å². The zero-order valence-electron chi connectivity index (χ0n) is 19.3. The maximum absolute atomic E-state index is 13.0. The first-order valence-electron chi connectivity index (χ1n) is 10.4. The minimum atomic E-state index is -4.07. The van der Waals surface area contributed by atoms with Crippen LogP contribution in [0.1, 0.15) is 18.2 Å². The van der Waals surface area contributed by atoms with Gasteiger partial charge in [0.1, 0.15) is 10.7 Å². The molecule has 1 aromatic carbocycles. The number of hydrogen-bond donors (Lipinski definition) is 2. The lowest BCUT2D eigenvalue weighted by Crippen LogP contribution is -2.41. The Balaban J connectivity index is 1.77. The topological polar surface area (TPSA) is 153 Å². The van der Waals surface area contributed by atoms with E-state index in [0.717, 1.165) is 11.0 Å². The number of rotatable bonds is 10. The van der Waals surface area contributed by atoms with E-state index in [9.17, 15) is 22.8 Å². The lowest BCUT2D eigenvalue weighted by Gasteiger charge is -2.17. The van der Waals surface area contributed by atoms with Crippen LogP contribution in [0, 0.1) is 0 Å². The van der Waals surface area contributed by atoms with E-state index in [1.54, 1.807) is 12.1 Å². The first-order valence-corrected chi connectivity index (χ1v) is 11.9. The molecule has 3 amide bonds. The maximum atomic E-state index is 13.0. The summed E-state index contributed by atoms with van der Waals surface area (Å²) >= 11 is 0. The molecular weight excluding hydrogens is 482 g/mol. The smallest absolute Gasteiger partial charge is 0.331 e. The standard InChI is InChI=1S/C22H25N3O9S/c1-14(21(27)25-9-8-23-22(25)28)34-19(26)7-6-15-11-17(31-2)20(32-3)18(12-15)35(29,30)24-13-16-5-4-10-33-16/h4-7,10-12,14,24H,8-9,13H2,1-3H3,(H,23,28)/b7-6+/t14-/m0/s1. The van der Waals surface area contributed by atoms with Crippen LogP contribution >= 0.6 is 0 Å². The fraction of sp³-hybridized carbons (Fsp3) is 0.318. The van der Waals surface area contributed by atoms with Crippen LogP contribution in [0.25, 0.3) is 6.08 Å². The third-order valence-electron chi connectivity index (χ3n) is 4.95. The number of nitrogens with zero attached hydrogens (tertiary/aromatic N) is 1. The van der Waals surface area contributed by atoms with Gasteiger partial charge in [-0.1, -0.05) is 0 Å². The van der Waals surface area contributed by atoms with E-state index >= 15 is 0 Å². The number of sulfonamides is 1. The minimum Gasteiger partial charge on any atom is -0.493 e. The molecule has 0 bridgehead atoms. The molecule has 13 heteroatoms. The summed E-state index contributed by atoms with van der Waals surface area (Å²) in [5.41, 5.74) is 0.288. The fourth-order valence-corrected chi connectivity index (χ4v) is 4.44. The van der Waals surface area contributed by atoms with Gasteiger partial charge in [-0.3, -0.25) is 9.69 Å². The molecule has 0 unspecified atom stereocenters. The lowest BCUT2D eigenvalue weighted by atomic mass is 10.2. The predicted octanol–water partition coefficient (Wildman–Crippen LogP) is 1.27. The number of urea groups is 1. The average molecular weight is 508 g/mol. The maximum Gasteiger partial charge on any atom is 0.331 e. The first kappa shape index (κ1) is 25.8. The van der Waals surface area contributed by atoms with Crippen molar-refractivity contribution in [2.24, 2.45) is 0 Å². The van der Waals surface area contributed by atoms with Crippen LogP contribution in [0.5, 0.6) is 11.5 Å². The Morgan fingerprint density at radius 1 is 1.29 bits per heavy atom. The molecule has 1 aliphatic heterocycles. The molecule has 1 saturated heterocycles.